The molecule has 3 N–H and O–H groups in total. The van der Waals surface area contributed by atoms with Gasteiger partial charge in [0.2, 0.25) is 5.91 Å². The topological polar surface area (TPSA) is 64.4 Å². The van der Waals surface area contributed by atoms with Crippen LogP contribution in [-0.4, -0.2) is 36.6 Å². The standard InChI is InChI=1S/C16H23BrN2O2S/c17-13-2-1-3-15(11-13)21-7-9-22-8-6-19-16(20)12-4-5-14(18)10-12/h1-3,11-12,14H,4-10,18H2,(H,19,20). The molecule has 1 saturated carbocycles. The molecule has 0 spiro atoms. The van der Waals surface area contributed by atoms with Crippen LogP contribution in [0.25, 0.3) is 0 Å². The molecular formula is C16H23BrN2O2S. The normalized spacial score (nSPS) is 20.8. The quantitative estimate of drug-likeness (QED) is 0.674. The zero-order valence-electron chi connectivity index (χ0n) is 12.6. The van der Waals surface area contributed by atoms with Gasteiger partial charge in [-0.3, -0.25) is 4.79 Å². The number of carbonyl (C=O) groups is 1. The summed E-state index contributed by atoms with van der Waals surface area (Å²) >= 11 is 5.20. The number of hydrogen-bond donors (Lipinski definition) is 2. The van der Waals surface area contributed by atoms with Gasteiger partial charge in [0.25, 0.3) is 0 Å². The van der Waals surface area contributed by atoms with Gasteiger partial charge in [-0.15, -0.1) is 0 Å². The number of thioether (sulfide) groups is 1. The number of nitrogens with one attached hydrogen (secondary N) is 1. The monoisotopic (exact) mass is 386 g/mol. The van der Waals surface area contributed by atoms with Crippen LogP contribution in [0.3, 0.4) is 0 Å². The lowest BCUT2D eigenvalue weighted by Gasteiger charge is -2.10. The molecule has 1 aromatic rings. The minimum Gasteiger partial charge on any atom is -0.493 e. The fourth-order valence-electron chi connectivity index (χ4n) is 2.52. The highest BCUT2D eigenvalue weighted by Gasteiger charge is 2.27. The van der Waals surface area contributed by atoms with Crippen LogP contribution in [0.5, 0.6) is 5.75 Å². The van der Waals surface area contributed by atoms with Gasteiger partial charge in [0.05, 0.1) is 6.61 Å². The highest BCUT2D eigenvalue weighted by molar-refractivity contribution is 9.10. The number of hydrogen-bond acceptors (Lipinski definition) is 4. The number of halogens is 1. The lowest BCUT2D eigenvalue weighted by Crippen LogP contribution is -2.32. The van der Waals surface area contributed by atoms with E-state index < -0.39 is 0 Å². The first-order chi connectivity index (χ1) is 10.6. The maximum absolute atomic E-state index is 11.9. The highest BCUT2D eigenvalue weighted by Crippen LogP contribution is 2.24. The number of ether oxygens (including phenoxy) is 1. The highest BCUT2D eigenvalue weighted by atomic mass is 79.9. The van der Waals surface area contributed by atoms with Crippen molar-refractivity contribution in [1.82, 2.24) is 5.32 Å². The lowest BCUT2D eigenvalue weighted by atomic mass is 10.1. The summed E-state index contributed by atoms with van der Waals surface area (Å²) < 4.78 is 6.68. The Hall–Kier alpha value is -0.720. The summed E-state index contributed by atoms with van der Waals surface area (Å²) in [5.41, 5.74) is 5.83. The number of carbonyl (C=O) groups excluding carboxylic acids is 1. The van der Waals surface area contributed by atoms with E-state index in [2.05, 4.69) is 21.2 Å². The van der Waals surface area contributed by atoms with Crippen LogP contribution in [-0.2, 0) is 4.79 Å². The second-order valence-corrected chi connectivity index (χ2v) is 7.62. The van der Waals surface area contributed by atoms with Crippen LogP contribution in [0.2, 0.25) is 0 Å². The van der Waals surface area contributed by atoms with Crippen molar-refractivity contribution in [2.24, 2.45) is 11.7 Å². The summed E-state index contributed by atoms with van der Waals surface area (Å²) in [5.74, 6) is 2.99. The molecule has 1 aliphatic carbocycles. The van der Waals surface area contributed by atoms with Gasteiger partial charge in [0.15, 0.2) is 0 Å². The molecule has 0 radical (unpaired) electrons. The Morgan fingerprint density at radius 3 is 3.00 bits per heavy atom. The van der Waals surface area contributed by atoms with Crippen molar-refractivity contribution in [2.75, 3.05) is 24.7 Å². The van der Waals surface area contributed by atoms with Crippen LogP contribution in [0.15, 0.2) is 28.7 Å². The zero-order valence-corrected chi connectivity index (χ0v) is 15.0. The minimum atomic E-state index is 0.125. The van der Waals surface area contributed by atoms with Crippen LogP contribution in [0.4, 0.5) is 0 Å². The van der Waals surface area contributed by atoms with Gasteiger partial charge >= 0.3 is 0 Å². The van der Waals surface area contributed by atoms with Crippen molar-refractivity contribution in [1.29, 1.82) is 0 Å². The molecular weight excluding hydrogens is 364 g/mol. The van der Waals surface area contributed by atoms with Crippen LogP contribution in [0, 0.1) is 5.92 Å². The van der Waals surface area contributed by atoms with Crippen molar-refractivity contribution >= 4 is 33.6 Å². The predicted octanol–water partition coefficient (Wildman–Crippen LogP) is 2.80. The first kappa shape index (κ1) is 17.6. The molecule has 4 nitrogen and oxygen atoms in total. The van der Waals surface area contributed by atoms with Crippen LogP contribution >= 0.6 is 27.7 Å². The maximum Gasteiger partial charge on any atom is 0.223 e. The van der Waals surface area contributed by atoms with Gasteiger partial charge in [0.1, 0.15) is 5.75 Å². The predicted molar refractivity (Wildman–Crippen MR) is 95.3 cm³/mol. The Kier molecular flexibility index (Phi) is 7.55. The molecule has 0 aromatic heterocycles. The second kappa shape index (κ2) is 9.43. The average molecular weight is 387 g/mol. The molecule has 0 aliphatic heterocycles. The van der Waals surface area contributed by atoms with Gasteiger partial charge in [-0.1, -0.05) is 22.0 Å². The number of benzene rings is 1. The fourth-order valence-corrected chi connectivity index (χ4v) is 3.55. The van der Waals surface area contributed by atoms with E-state index in [0.29, 0.717) is 13.2 Å². The molecule has 0 heterocycles. The third-order valence-corrected chi connectivity index (χ3v) is 5.12. The zero-order chi connectivity index (χ0) is 15.8. The smallest absolute Gasteiger partial charge is 0.223 e. The molecule has 1 amide bonds. The summed E-state index contributed by atoms with van der Waals surface area (Å²) in [5, 5.41) is 3.00. The minimum absolute atomic E-state index is 0.125. The van der Waals surface area contributed by atoms with E-state index in [9.17, 15) is 4.79 Å². The van der Waals surface area contributed by atoms with Gasteiger partial charge in [-0.05, 0) is 37.5 Å². The number of nitrogens with two attached hydrogens (primary N) is 1. The van der Waals surface area contributed by atoms with Gasteiger partial charge in [-0.25, -0.2) is 0 Å². The maximum atomic E-state index is 11.9. The number of amides is 1. The van der Waals surface area contributed by atoms with Crippen molar-refractivity contribution in [2.45, 2.75) is 25.3 Å². The fraction of sp³-hybridized carbons (Fsp3) is 0.562. The second-order valence-electron chi connectivity index (χ2n) is 5.48. The van der Waals surface area contributed by atoms with E-state index in [1.165, 1.54) is 0 Å². The summed E-state index contributed by atoms with van der Waals surface area (Å²) in [6.07, 6.45) is 2.74. The molecule has 1 aromatic carbocycles. The Labute approximate surface area is 144 Å². The van der Waals surface area contributed by atoms with Gasteiger partial charge < -0.3 is 15.8 Å². The van der Waals surface area contributed by atoms with Gasteiger partial charge in [-0.2, -0.15) is 11.8 Å². The first-order valence-corrected chi connectivity index (χ1v) is 9.59. The Morgan fingerprint density at radius 2 is 2.27 bits per heavy atom. The molecule has 2 atom stereocenters. The van der Waals surface area contributed by atoms with Crippen molar-refractivity contribution in [3.05, 3.63) is 28.7 Å². The summed E-state index contributed by atoms with van der Waals surface area (Å²) in [6.45, 7) is 1.39. The Morgan fingerprint density at radius 1 is 1.41 bits per heavy atom. The number of rotatable bonds is 8. The third kappa shape index (κ3) is 6.18. The largest absolute Gasteiger partial charge is 0.493 e. The van der Waals surface area contributed by atoms with Crippen molar-refractivity contribution in [3.8, 4) is 5.75 Å². The molecule has 1 fully saturated rings. The first-order valence-electron chi connectivity index (χ1n) is 7.64. The van der Waals surface area contributed by atoms with Crippen molar-refractivity contribution < 1.29 is 9.53 Å². The van der Waals surface area contributed by atoms with E-state index in [1.807, 2.05) is 24.3 Å². The van der Waals surface area contributed by atoms with E-state index in [4.69, 9.17) is 10.5 Å². The average Bonchev–Trinajstić information content (AvgIpc) is 2.93. The van der Waals surface area contributed by atoms with E-state index in [0.717, 1.165) is 41.0 Å². The van der Waals surface area contributed by atoms with Crippen LogP contribution in [0.1, 0.15) is 19.3 Å². The third-order valence-electron chi connectivity index (χ3n) is 3.68. The molecule has 6 heteroatoms. The van der Waals surface area contributed by atoms with Gasteiger partial charge in [0, 0.05) is 34.5 Å². The summed E-state index contributed by atoms with van der Waals surface area (Å²) in [6, 6.07) is 8.04. The Balaban J connectivity index is 1.48. The van der Waals surface area contributed by atoms with E-state index >= 15 is 0 Å². The van der Waals surface area contributed by atoms with E-state index in [-0.39, 0.29) is 17.9 Å². The van der Waals surface area contributed by atoms with Crippen LogP contribution < -0.4 is 15.8 Å². The molecule has 22 heavy (non-hydrogen) atoms. The molecule has 1 aliphatic rings. The Bertz CT molecular complexity index is 487. The molecule has 2 rings (SSSR count). The summed E-state index contributed by atoms with van der Waals surface area (Å²) in [7, 11) is 0. The van der Waals surface area contributed by atoms with E-state index in [1.54, 1.807) is 11.8 Å². The molecule has 2 unspecified atom stereocenters. The van der Waals surface area contributed by atoms with Crippen molar-refractivity contribution in [3.63, 3.8) is 0 Å². The molecule has 122 valence electrons. The summed E-state index contributed by atoms with van der Waals surface area (Å²) in [4.78, 5) is 11.9. The lowest BCUT2D eigenvalue weighted by molar-refractivity contribution is -0.124. The SMILES string of the molecule is NC1CCC(C(=O)NCCSCCOc2cccc(Br)c2)C1. The molecule has 0 bridgehead atoms. The molecule has 0 saturated heterocycles.